The largest absolute Gasteiger partial charge is 0.342 e. The molecular weight excluding hydrogens is 270 g/mol. The number of H-pyrrole nitrogens is 2. The number of aryl methyl sites for hydroxylation is 1. The molecule has 6 nitrogen and oxygen atoms in total. The number of likely N-dealkylation sites (tertiary alicyclic amines) is 1. The number of hydrogen-bond donors (Lipinski definition) is 2. The molecule has 0 aliphatic carbocycles. The van der Waals surface area contributed by atoms with Crippen molar-refractivity contribution >= 4 is 5.91 Å². The Morgan fingerprint density at radius 2 is 1.81 bits per heavy atom. The Balaban J connectivity index is 2.01. The summed E-state index contributed by atoms with van der Waals surface area (Å²) < 4.78 is 0. The minimum absolute atomic E-state index is 0.0819. The average Bonchev–Trinajstić information content (AvgIpc) is 2.35. The molecule has 0 unspecified atom stereocenters. The van der Waals surface area contributed by atoms with Crippen molar-refractivity contribution in [3.63, 3.8) is 0 Å². The summed E-state index contributed by atoms with van der Waals surface area (Å²) >= 11 is 0. The molecule has 1 amide bonds. The third-order valence-corrected chi connectivity index (χ3v) is 4.07. The van der Waals surface area contributed by atoms with Crippen LogP contribution in [0.5, 0.6) is 0 Å². The van der Waals surface area contributed by atoms with Gasteiger partial charge in [-0.2, -0.15) is 0 Å². The van der Waals surface area contributed by atoms with Crippen molar-refractivity contribution < 1.29 is 4.79 Å². The van der Waals surface area contributed by atoms with E-state index < -0.39 is 11.2 Å². The van der Waals surface area contributed by atoms with Crippen molar-refractivity contribution in [2.45, 2.75) is 40.0 Å². The van der Waals surface area contributed by atoms with E-state index in [1.54, 1.807) is 6.92 Å². The summed E-state index contributed by atoms with van der Waals surface area (Å²) in [5, 5.41) is 0. The van der Waals surface area contributed by atoms with E-state index in [0.717, 1.165) is 19.5 Å². The number of piperidine rings is 1. The molecule has 2 N–H and O–H groups in total. The van der Waals surface area contributed by atoms with Crippen molar-refractivity contribution in [1.29, 1.82) is 0 Å². The first-order valence-corrected chi connectivity index (χ1v) is 7.46. The first-order chi connectivity index (χ1) is 9.86. The van der Waals surface area contributed by atoms with Crippen LogP contribution in [0.25, 0.3) is 0 Å². The van der Waals surface area contributed by atoms with E-state index in [2.05, 4.69) is 23.8 Å². The SMILES string of the molecule is Cc1[nH]c(=O)[nH]c(=O)c1CCC(=O)N1C[C@@H](C)C[C@H](C)C1. The van der Waals surface area contributed by atoms with Crippen molar-refractivity contribution in [3.05, 3.63) is 32.1 Å². The summed E-state index contributed by atoms with van der Waals surface area (Å²) in [6.45, 7) is 7.59. The lowest BCUT2D eigenvalue weighted by Crippen LogP contribution is -2.42. The Morgan fingerprint density at radius 1 is 1.19 bits per heavy atom. The fraction of sp³-hybridized carbons (Fsp3) is 0.667. The van der Waals surface area contributed by atoms with E-state index in [0.29, 0.717) is 35.9 Å². The monoisotopic (exact) mass is 293 g/mol. The standard InChI is InChI=1S/C15H23N3O3/c1-9-6-10(2)8-18(7-9)13(19)5-4-12-11(3)16-15(21)17-14(12)20/h9-10H,4-8H2,1-3H3,(H2,16,17,20,21)/t9-,10-/m0/s1. The van der Waals surface area contributed by atoms with Crippen molar-refractivity contribution in [2.75, 3.05) is 13.1 Å². The van der Waals surface area contributed by atoms with E-state index in [1.807, 2.05) is 4.90 Å². The maximum absolute atomic E-state index is 12.3. The number of amides is 1. The van der Waals surface area contributed by atoms with Crippen LogP contribution in [-0.2, 0) is 11.2 Å². The highest BCUT2D eigenvalue weighted by molar-refractivity contribution is 5.76. The maximum atomic E-state index is 12.3. The summed E-state index contributed by atoms with van der Waals surface area (Å²) in [5.74, 6) is 1.13. The van der Waals surface area contributed by atoms with E-state index in [1.165, 1.54) is 0 Å². The highest BCUT2D eigenvalue weighted by Crippen LogP contribution is 2.21. The van der Waals surface area contributed by atoms with Crippen LogP contribution in [0.3, 0.4) is 0 Å². The van der Waals surface area contributed by atoms with Gasteiger partial charge in [0.25, 0.3) is 5.56 Å². The quantitative estimate of drug-likeness (QED) is 0.864. The summed E-state index contributed by atoms with van der Waals surface area (Å²) in [5.41, 5.74) is 0.119. The van der Waals surface area contributed by atoms with Gasteiger partial charge in [0.1, 0.15) is 0 Å². The summed E-state index contributed by atoms with van der Waals surface area (Å²) in [7, 11) is 0. The van der Waals surface area contributed by atoms with E-state index >= 15 is 0 Å². The second kappa shape index (κ2) is 6.28. The minimum atomic E-state index is -0.508. The average molecular weight is 293 g/mol. The van der Waals surface area contributed by atoms with Crippen LogP contribution in [-0.4, -0.2) is 33.9 Å². The van der Waals surface area contributed by atoms with Crippen molar-refractivity contribution in [2.24, 2.45) is 11.8 Å². The number of carbonyl (C=O) groups is 1. The number of hydrogen-bond acceptors (Lipinski definition) is 3. The molecule has 0 bridgehead atoms. The second-order valence-electron chi connectivity index (χ2n) is 6.26. The summed E-state index contributed by atoms with van der Waals surface area (Å²) in [6.07, 6.45) is 1.81. The van der Waals surface area contributed by atoms with Crippen LogP contribution >= 0.6 is 0 Å². The van der Waals surface area contributed by atoms with E-state index in [4.69, 9.17) is 0 Å². The number of nitrogens with zero attached hydrogens (tertiary/aromatic N) is 1. The summed E-state index contributed by atoms with van der Waals surface area (Å²) in [6, 6.07) is 0. The lowest BCUT2D eigenvalue weighted by atomic mass is 9.91. The highest BCUT2D eigenvalue weighted by Gasteiger charge is 2.25. The zero-order valence-corrected chi connectivity index (χ0v) is 12.9. The van der Waals surface area contributed by atoms with Crippen LogP contribution in [0, 0.1) is 18.8 Å². The Bertz CT molecular complexity index is 622. The van der Waals surface area contributed by atoms with Gasteiger partial charge in [0, 0.05) is 30.8 Å². The normalized spacial score (nSPS) is 22.3. The Hall–Kier alpha value is -1.85. The fourth-order valence-corrected chi connectivity index (χ4v) is 3.18. The van der Waals surface area contributed by atoms with E-state index in [-0.39, 0.29) is 5.91 Å². The first kappa shape index (κ1) is 15.5. The molecule has 2 atom stereocenters. The number of carbonyl (C=O) groups excluding carboxylic acids is 1. The molecule has 6 heteroatoms. The zero-order valence-electron chi connectivity index (χ0n) is 12.9. The first-order valence-electron chi connectivity index (χ1n) is 7.46. The molecule has 0 radical (unpaired) electrons. The van der Waals surface area contributed by atoms with Crippen LogP contribution in [0.4, 0.5) is 0 Å². The van der Waals surface area contributed by atoms with Gasteiger partial charge in [0.2, 0.25) is 5.91 Å². The molecule has 1 saturated heterocycles. The molecular formula is C15H23N3O3. The third kappa shape index (κ3) is 3.83. The zero-order chi connectivity index (χ0) is 15.6. The smallest absolute Gasteiger partial charge is 0.325 e. The van der Waals surface area contributed by atoms with Crippen molar-refractivity contribution in [3.8, 4) is 0 Å². The Kier molecular flexibility index (Phi) is 4.65. The van der Waals surface area contributed by atoms with Gasteiger partial charge in [-0.05, 0) is 31.6 Å². The van der Waals surface area contributed by atoms with Gasteiger partial charge in [-0.3, -0.25) is 14.6 Å². The van der Waals surface area contributed by atoms with E-state index in [9.17, 15) is 14.4 Å². The minimum Gasteiger partial charge on any atom is -0.342 e. The molecule has 1 aromatic rings. The Morgan fingerprint density at radius 3 is 2.38 bits per heavy atom. The number of aromatic nitrogens is 2. The highest BCUT2D eigenvalue weighted by atomic mass is 16.2. The van der Waals surface area contributed by atoms with Crippen LogP contribution in [0.2, 0.25) is 0 Å². The van der Waals surface area contributed by atoms with Gasteiger partial charge in [-0.1, -0.05) is 13.8 Å². The van der Waals surface area contributed by atoms with Gasteiger partial charge in [0.05, 0.1) is 0 Å². The van der Waals surface area contributed by atoms with Gasteiger partial charge in [0.15, 0.2) is 0 Å². The molecule has 0 saturated carbocycles. The topological polar surface area (TPSA) is 86.0 Å². The molecule has 2 heterocycles. The van der Waals surface area contributed by atoms with Gasteiger partial charge in [-0.15, -0.1) is 0 Å². The molecule has 1 aliphatic rings. The molecule has 2 rings (SSSR count). The molecule has 116 valence electrons. The molecule has 0 aromatic carbocycles. The third-order valence-electron chi connectivity index (χ3n) is 4.07. The number of nitrogens with one attached hydrogen (secondary N) is 2. The van der Waals surface area contributed by atoms with Crippen LogP contribution in [0.1, 0.15) is 37.9 Å². The number of aromatic amines is 2. The number of rotatable bonds is 3. The fourth-order valence-electron chi connectivity index (χ4n) is 3.18. The lowest BCUT2D eigenvalue weighted by molar-refractivity contribution is -0.133. The van der Waals surface area contributed by atoms with Gasteiger partial charge < -0.3 is 9.88 Å². The summed E-state index contributed by atoms with van der Waals surface area (Å²) in [4.78, 5) is 41.8. The second-order valence-corrected chi connectivity index (χ2v) is 6.26. The van der Waals surface area contributed by atoms with Crippen LogP contribution in [0.15, 0.2) is 9.59 Å². The molecule has 1 fully saturated rings. The molecule has 21 heavy (non-hydrogen) atoms. The van der Waals surface area contributed by atoms with Crippen LogP contribution < -0.4 is 11.2 Å². The van der Waals surface area contributed by atoms with Gasteiger partial charge in [-0.25, -0.2) is 4.79 Å². The molecule has 1 aliphatic heterocycles. The predicted octanol–water partition coefficient (Wildman–Crippen LogP) is 0.809. The van der Waals surface area contributed by atoms with Gasteiger partial charge >= 0.3 is 5.69 Å². The Labute approximate surface area is 123 Å². The molecule has 0 spiro atoms. The maximum Gasteiger partial charge on any atom is 0.325 e. The predicted molar refractivity (Wildman–Crippen MR) is 80.3 cm³/mol. The molecule has 1 aromatic heterocycles. The lowest BCUT2D eigenvalue weighted by Gasteiger charge is -2.35. The van der Waals surface area contributed by atoms with Crippen molar-refractivity contribution in [1.82, 2.24) is 14.9 Å².